The molecule has 0 saturated carbocycles. The highest BCUT2D eigenvalue weighted by molar-refractivity contribution is 5.57. The number of hydrogen-bond donors (Lipinski definition) is 1. The molecule has 1 aromatic carbocycles. The first kappa shape index (κ1) is 11.6. The van der Waals surface area contributed by atoms with Crippen molar-refractivity contribution in [3.05, 3.63) is 17.7 Å². The first-order valence-corrected chi connectivity index (χ1v) is 6.19. The molecule has 18 heavy (non-hydrogen) atoms. The summed E-state index contributed by atoms with van der Waals surface area (Å²) in [4.78, 5) is 0. The van der Waals surface area contributed by atoms with Gasteiger partial charge in [0, 0.05) is 18.7 Å². The van der Waals surface area contributed by atoms with Crippen LogP contribution in [-0.2, 0) is 4.74 Å². The third-order valence-electron chi connectivity index (χ3n) is 3.17. The van der Waals surface area contributed by atoms with Crippen molar-refractivity contribution in [3.8, 4) is 17.2 Å². The minimum absolute atomic E-state index is 0.00419. The first-order valence-electron chi connectivity index (χ1n) is 6.19. The summed E-state index contributed by atoms with van der Waals surface area (Å²) in [7, 11) is 1.65. The van der Waals surface area contributed by atoms with E-state index in [9.17, 15) is 0 Å². The van der Waals surface area contributed by atoms with Gasteiger partial charge in [-0.05, 0) is 12.1 Å². The molecule has 2 heterocycles. The summed E-state index contributed by atoms with van der Waals surface area (Å²) in [5, 5.41) is 3.31. The number of hydrogen-bond acceptors (Lipinski definition) is 5. The zero-order valence-electron chi connectivity index (χ0n) is 10.4. The summed E-state index contributed by atoms with van der Waals surface area (Å²) >= 11 is 0. The molecule has 1 aromatic rings. The van der Waals surface area contributed by atoms with Crippen LogP contribution in [0, 0.1) is 0 Å². The molecule has 2 aliphatic heterocycles. The maximum Gasteiger partial charge on any atom is 0.204 e. The SMILES string of the molecule is COc1c(C2CNCCO2)ccc2c1OCCO2. The molecule has 3 rings (SSSR count). The number of rotatable bonds is 2. The molecule has 5 nitrogen and oxygen atoms in total. The molecule has 1 fully saturated rings. The van der Waals surface area contributed by atoms with E-state index >= 15 is 0 Å². The second-order valence-electron chi connectivity index (χ2n) is 4.28. The molecule has 0 aliphatic carbocycles. The Balaban J connectivity index is 1.98. The maximum absolute atomic E-state index is 5.76. The summed E-state index contributed by atoms with van der Waals surface area (Å²) in [6.45, 7) is 3.52. The van der Waals surface area contributed by atoms with Gasteiger partial charge in [-0.15, -0.1) is 0 Å². The van der Waals surface area contributed by atoms with Gasteiger partial charge in [0.2, 0.25) is 5.75 Å². The van der Waals surface area contributed by atoms with Gasteiger partial charge >= 0.3 is 0 Å². The normalized spacial score (nSPS) is 22.6. The van der Waals surface area contributed by atoms with Crippen LogP contribution < -0.4 is 19.5 Å². The van der Waals surface area contributed by atoms with Gasteiger partial charge in [0.1, 0.15) is 13.2 Å². The van der Waals surface area contributed by atoms with Crippen LogP contribution >= 0.6 is 0 Å². The molecular weight excluding hydrogens is 234 g/mol. The van der Waals surface area contributed by atoms with Crippen LogP contribution in [0.1, 0.15) is 11.7 Å². The van der Waals surface area contributed by atoms with Crippen LogP contribution in [0.3, 0.4) is 0 Å². The summed E-state index contributed by atoms with van der Waals surface area (Å²) in [6.07, 6.45) is 0.00419. The minimum atomic E-state index is 0.00419. The van der Waals surface area contributed by atoms with E-state index in [-0.39, 0.29) is 6.10 Å². The highest BCUT2D eigenvalue weighted by Crippen LogP contribution is 2.44. The molecule has 0 aromatic heterocycles. The Kier molecular flexibility index (Phi) is 3.25. The van der Waals surface area contributed by atoms with E-state index in [1.807, 2.05) is 12.1 Å². The summed E-state index contributed by atoms with van der Waals surface area (Å²) in [5.41, 5.74) is 1.01. The lowest BCUT2D eigenvalue weighted by molar-refractivity contribution is 0.0257. The van der Waals surface area contributed by atoms with Crippen molar-refractivity contribution in [3.63, 3.8) is 0 Å². The minimum Gasteiger partial charge on any atom is -0.492 e. The van der Waals surface area contributed by atoms with E-state index in [1.54, 1.807) is 7.11 Å². The van der Waals surface area contributed by atoms with E-state index < -0.39 is 0 Å². The molecule has 1 N–H and O–H groups in total. The Hall–Kier alpha value is -1.46. The Morgan fingerprint density at radius 2 is 2.11 bits per heavy atom. The fourth-order valence-electron chi connectivity index (χ4n) is 2.33. The average molecular weight is 251 g/mol. The van der Waals surface area contributed by atoms with E-state index in [0.29, 0.717) is 25.6 Å². The van der Waals surface area contributed by atoms with Crippen molar-refractivity contribution < 1.29 is 18.9 Å². The number of nitrogens with one attached hydrogen (secondary N) is 1. The van der Waals surface area contributed by atoms with Crippen LogP contribution in [0.2, 0.25) is 0 Å². The molecule has 0 radical (unpaired) electrons. The second kappa shape index (κ2) is 5.04. The molecule has 0 bridgehead atoms. The van der Waals surface area contributed by atoms with Crippen LogP contribution in [0.25, 0.3) is 0 Å². The Labute approximate surface area is 106 Å². The van der Waals surface area contributed by atoms with Crippen molar-refractivity contribution in [1.29, 1.82) is 0 Å². The van der Waals surface area contributed by atoms with Crippen molar-refractivity contribution in [2.45, 2.75) is 6.10 Å². The highest BCUT2D eigenvalue weighted by Gasteiger charge is 2.26. The van der Waals surface area contributed by atoms with Gasteiger partial charge in [-0.3, -0.25) is 0 Å². The van der Waals surface area contributed by atoms with Crippen molar-refractivity contribution in [1.82, 2.24) is 5.32 Å². The summed E-state index contributed by atoms with van der Waals surface area (Å²) in [6, 6.07) is 3.91. The highest BCUT2D eigenvalue weighted by atomic mass is 16.6. The third-order valence-corrected chi connectivity index (χ3v) is 3.17. The fraction of sp³-hybridized carbons (Fsp3) is 0.538. The van der Waals surface area contributed by atoms with Crippen LogP contribution in [0.5, 0.6) is 17.2 Å². The van der Waals surface area contributed by atoms with Gasteiger partial charge in [-0.25, -0.2) is 0 Å². The van der Waals surface area contributed by atoms with Gasteiger partial charge in [0.15, 0.2) is 11.5 Å². The molecule has 0 spiro atoms. The smallest absolute Gasteiger partial charge is 0.204 e. The largest absolute Gasteiger partial charge is 0.492 e. The van der Waals surface area contributed by atoms with Crippen molar-refractivity contribution in [2.24, 2.45) is 0 Å². The zero-order chi connectivity index (χ0) is 12.4. The van der Waals surface area contributed by atoms with Crippen LogP contribution in [-0.4, -0.2) is 40.0 Å². The molecule has 1 atom stereocenters. The summed E-state index contributed by atoms with van der Waals surface area (Å²) in [5.74, 6) is 2.15. The molecule has 98 valence electrons. The van der Waals surface area contributed by atoms with E-state index in [0.717, 1.165) is 30.2 Å². The monoisotopic (exact) mass is 251 g/mol. The molecule has 5 heteroatoms. The van der Waals surface area contributed by atoms with E-state index in [1.165, 1.54) is 0 Å². The van der Waals surface area contributed by atoms with Crippen molar-refractivity contribution in [2.75, 3.05) is 40.0 Å². The Bertz CT molecular complexity index is 429. The van der Waals surface area contributed by atoms with Gasteiger partial charge in [0.05, 0.1) is 19.8 Å². The number of benzene rings is 1. The Morgan fingerprint density at radius 3 is 2.89 bits per heavy atom. The molecule has 0 amide bonds. The first-order chi connectivity index (χ1) is 8.90. The van der Waals surface area contributed by atoms with E-state index in [2.05, 4.69) is 5.32 Å². The number of morpholine rings is 1. The molecular formula is C13H17NO4. The molecule has 1 unspecified atom stereocenters. The lowest BCUT2D eigenvalue weighted by atomic mass is 10.1. The number of ether oxygens (including phenoxy) is 4. The van der Waals surface area contributed by atoms with Gasteiger partial charge in [0.25, 0.3) is 0 Å². The lowest BCUT2D eigenvalue weighted by Crippen LogP contribution is -2.33. The maximum atomic E-state index is 5.76. The topological polar surface area (TPSA) is 49.0 Å². The molecule has 2 aliphatic rings. The predicted molar refractivity (Wildman–Crippen MR) is 65.5 cm³/mol. The predicted octanol–water partition coefficient (Wildman–Crippen LogP) is 1.13. The van der Waals surface area contributed by atoms with Crippen LogP contribution in [0.4, 0.5) is 0 Å². The number of fused-ring (bicyclic) bond motifs is 1. The van der Waals surface area contributed by atoms with Gasteiger partial charge in [-0.2, -0.15) is 0 Å². The third kappa shape index (κ3) is 2.00. The van der Waals surface area contributed by atoms with Crippen LogP contribution in [0.15, 0.2) is 12.1 Å². The summed E-state index contributed by atoms with van der Waals surface area (Å²) < 4.78 is 22.4. The number of methoxy groups -OCH3 is 1. The Morgan fingerprint density at radius 1 is 1.22 bits per heavy atom. The lowest BCUT2D eigenvalue weighted by Gasteiger charge is -2.28. The van der Waals surface area contributed by atoms with Crippen molar-refractivity contribution >= 4 is 0 Å². The fourth-order valence-corrected chi connectivity index (χ4v) is 2.33. The van der Waals surface area contributed by atoms with Gasteiger partial charge in [-0.1, -0.05) is 0 Å². The zero-order valence-corrected chi connectivity index (χ0v) is 10.4. The standard InChI is InChI=1S/C13H17NO4/c1-15-12-9(11-8-14-4-5-16-11)2-3-10-13(12)18-7-6-17-10/h2-3,11,14H,4-8H2,1H3. The second-order valence-corrected chi connectivity index (χ2v) is 4.28. The quantitative estimate of drug-likeness (QED) is 0.853. The van der Waals surface area contributed by atoms with E-state index in [4.69, 9.17) is 18.9 Å². The molecule has 1 saturated heterocycles. The average Bonchev–Trinajstić information content (AvgIpc) is 2.47. The van der Waals surface area contributed by atoms with Gasteiger partial charge < -0.3 is 24.3 Å².